The number of hydrogen-bond acceptors (Lipinski definition) is 3. The van der Waals surface area contributed by atoms with E-state index in [0.29, 0.717) is 24.4 Å². The average Bonchev–Trinajstić information content (AvgIpc) is 2.89. The molecule has 0 aromatic heterocycles. The van der Waals surface area contributed by atoms with E-state index >= 15 is 0 Å². The maximum absolute atomic E-state index is 12.6. The Kier molecular flexibility index (Phi) is 7.36. The molecule has 1 unspecified atom stereocenters. The maximum Gasteiger partial charge on any atom is 0.318 e. The zero-order chi connectivity index (χ0) is 22.6. The molecule has 2 fully saturated rings. The average molecular weight is 429 g/mol. The van der Waals surface area contributed by atoms with Gasteiger partial charge in [-0.1, -0.05) is 6.42 Å². The van der Waals surface area contributed by atoms with Crippen molar-refractivity contribution in [3.05, 3.63) is 29.0 Å². The minimum absolute atomic E-state index is 0.0224. The first-order valence-corrected chi connectivity index (χ1v) is 11.9. The van der Waals surface area contributed by atoms with Crippen molar-refractivity contribution < 1.29 is 14.3 Å². The van der Waals surface area contributed by atoms with E-state index in [1.54, 1.807) is 0 Å². The lowest BCUT2D eigenvalue weighted by Crippen LogP contribution is -2.46. The van der Waals surface area contributed by atoms with Gasteiger partial charge in [0.2, 0.25) is 0 Å². The fraction of sp³-hybridized carbons (Fsp3) is 0.731. The van der Waals surface area contributed by atoms with Crippen LogP contribution in [0.5, 0.6) is 0 Å². The molecule has 5 heteroatoms. The summed E-state index contributed by atoms with van der Waals surface area (Å²) >= 11 is 0. The highest BCUT2D eigenvalue weighted by molar-refractivity contribution is 5.76. The second-order valence-electron chi connectivity index (χ2n) is 10.9. The minimum atomic E-state index is -0.409. The molecule has 1 heterocycles. The van der Waals surface area contributed by atoms with Crippen molar-refractivity contribution in [2.45, 2.75) is 85.2 Å². The highest BCUT2D eigenvalue weighted by Crippen LogP contribution is 2.54. The summed E-state index contributed by atoms with van der Waals surface area (Å²) in [7, 11) is 0. The van der Waals surface area contributed by atoms with Crippen LogP contribution < -0.4 is 5.32 Å². The van der Waals surface area contributed by atoms with Gasteiger partial charge >= 0.3 is 12.0 Å². The number of carbonyl (C=O) groups excluding carboxylic acids is 2. The third-order valence-corrected chi connectivity index (χ3v) is 7.06. The van der Waals surface area contributed by atoms with Crippen LogP contribution in [0.15, 0.2) is 29.0 Å². The van der Waals surface area contributed by atoms with Gasteiger partial charge in [-0.25, -0.2) is 4.79 Å². The Morgan fingerprint density at radius 3 is 2.65 bits per heavy atom. The molecule has 1 atom stereocenters. The van der Waals surface area contributed by atoms with Gasteiger partial charge in [0, 0.05) is 19.6 Å². The molecular weight excluding hydrogens is 388 g/mol. The summed E-state index contributed by atoms with van der Waals surface area (Å²) in [5, 5.41) is 3.16. The zero-order valence-corrected chi connectivity index (χ0v) is 20.1. The SMILES string of the molecule is CC=C=CC1=C(C)CN(C(=O)NCC2CC3(CCCC(C(=O)OC(C)(C)C)CC3)C2)C1. The van der Waals surface area contributed by atoms with E-state index in [1.807, 2.05) is 44.7 Å². The molecule has 31 heavy (non-hydrogen) atoms. The number of nitrogens with zero attached hydrogens (tertiary/aromatic N) is 1. The highest BCUT2D eigenvalue weighted by Gasteiger charge is 2.45. The summed E-state index contributed by atoms with van der Waals surface area (Å²) in [4.78, 5) is 27.0. The minimum Gasteiger partial charge on any atom is -0.460 e. The van der Waals surface area contributed by atoms with Crippen LogP contribution in [0.25, 0.3) is 0 Å². The normalized spacial score (nSPS) is 28.5. The Labute approximate surface area is 188 Å². The predicted molar refractivity (Wildman–Crippen MR) is 124 cm³/mol. The first-order chi connectivity index (χ1) is 14.6. The van der Waals surface area contributed by atoms with Crippen LogP contribution in [0, 0.1) is 17.3 Å². The molecule has 0 aromatic carbocycles. The van der Waals surface area contributed by atoms with Crippen LogP contribution in [-0.4, -0.2) is 42.1 Å². The molecule has 5 nitrogen and oxygen atoms in total. The molecule has 3 aliphatic rings. The van der Waals surface area contributed by atoms with Crippen LogP contribution in [0.4, 0.5) is 4.79 Å². The first kappa shape index (κ1) is 23.7. The summed E-state index contributed by atoms with van der Waals surface area (Å²) in [5.74, 6) is 0.584. The molecule has 2 saturated carbocycles. The lowest BCUT2D eigenvalue weighted by Gasteiger charge is -2.48. The van der Waals surface area contributed by atoms with Gasteiger partial charge in [0.15, 0.2) is 0 Å². The first-order valence-electron chi connectivity index (χ1n) is 11.9. The van der Waals surface area contributed by atoms with Gasteiger partial charge in [-0.2, -0.15) is 0 Å². The van der Waals surface area contributed by atoms with Crippen LogP contribution in [0.1, 0.15) is 79.6 Å². The number of amides is 2. The summed E-state index contributed by atoms with van der Waals surface area (Å²) in [6.07, 6.45) is 11.5. The fourth-order valence-corrected chi connectivity index (χ4v) is 5.44. The lowest BCUT2D eigenvalue weighted by molar-refractivity contribution is -0.160. The summed E-state index contributed by atoms with van der Waals surface area (Å²) in [6.45, 7) is 12.0. The van der Waals surface area contributed by atoms with Crippen molar-refractivity contribution in [3.8, 4) is 0 Å². The standard InChI is InChI=1S/C26H40N2O3/c1-6-7-9-22-18-28(17-19(22)2)24(30)27-16-20-14-26(15-20)12-8-10-21(11-13-26)23(29)31-25(3,4)5/h6,9,20-21H,8,10-18H2,1-5H3,(H,27,30). The number of hydrogen-bond donors (Lipinski definition) is 1. The molecule has 1 aliphatic heterocycles. The van der Waals surface area contributed by atoms with E-state index in [1.165, 1.54) is 30.4 Å². The van der Waals surface area contributed by atoms with Crippen LogP contribution in [0.2, 0.25) is 0 Å². The molecule has 1 spiro atoms. The Morgan fingerprint density at radius 2 is 1.97 bits per heavy atom. The zero-order valence-electron chi connectivity index (χ0n) is 20.1. The van der Waals surface area contributed by atoms with Gasteiger partial charge in [0.1, 0.15) is 5.60 Å². The summed E-state index contributed by atoms with van der Waals surface area (Å²) < 4.78 is 5.62. The summed E-state index contributed by atoms with van der Waals surface area (Å²) in [6, 6.07) is 0.0371. The molecule has 2 amide bonds. The summed E-state index contributed by atoms with van der Waals surface area (Å²) in [5.41, 5.74) is 5.51. The quantitative estimate of drug-likeness (QED) is 0.483. The van der Waals surface area contributed by atoms with Crippen molar-refractivity contribution in [3.63, 3.8) is 0 Å². The van der Waals surface area contributed by atoms with Crippen molar-refractivity contribution >= 4 is 12.0 Å². The second-order valence-corrected chi connectivity index (χ2v) is 10.9. The van der Waals surface area contributed by atoms with E-state index in [4.69, 9.17) is 4.74 Å². The van der Waals surface area contributed by atoms with Crippen LogP contribution >= 0.6 is 0 Å². The molecule has 3 rings (SSSR count). The topological polar surface area (TPSA) is 58.6 Å². The molecule has 0 bridgehead atoms. The van der Waals surface area contributed by atoms with Gasteiger partial charge in [0.05, 0.1) is 5.92 Å². The second kappa shape index (κ2) is 9.65. The van der Waals surface area contributed by atoms with Crippen LogP contribution in [0.3, 0.4) is 0 Å². The van der Waals surface area contributed by atoms with E-state index in [-0.39, 0.29) is 17.9 Å². The number of ether oxygens (including phenoxy) is 1. The van der Waals surface area contributed by atoms with Crippen molar-refractivity contribution in [2.24, 2.45) is 17.3 Å². The highest BCUT2D eigenvalue weighted by atomic mass is 16.6. The molecule has 0 saturated heterocycles. The molecule has 2 aliphatic carbocycles. The number of urea groups is 1. The third kappa shape index (κ3) is 6.26. The number of rotatable bonds is 4. The van der Waals surface area contributed by atoms with Crippen molar-refractivity contribution in [2.75, 3.05) is 19.6 Å². The molecular formula is C26H40N2O3. The number of nitrogens with one attached hydrogen (secondary N) is 1. The Hall–Kier alpha value is -2.00. The maximum atomic E-state index is 12.6. The van der Waals surface area contributed by atoms with E-state index in [2.05, 4.69) is 18.0 Å². The predicted octanol–water partition coefficient (Wildman–Crippen LogP) is 5.38. The third-order valence-electron chi connectivity index (χ3n) is 7.06. The lowest BCUT2D eigenvalue weighted by atomic mass is 9.58. The van der Waals surface area contributed by atoms with Crippen LogP contribution in [-0.2, 0) is 9.53 Å². The fourth-order valence-electron chi connectivity index (χ4n) is 5.44. The smallest absolute Gasteiger partial charge is 0.318 e. The van der Waals surface area contributed by atoms with E-state index < -0.39 is 5.60 Å². The van der Waals surface area contributed by atoms with Gasteiger partial charge in [-0.05, 0) is 108 Å². The Balaban J connectivity index is 1.40. The number of carbonyl (C=O) groups is 2. The van der Waals surface area contributed by atoms with E-state index in [9.17, 15) is 9.59 Å². The Morgan fingerprint density at radius 1 is 1.23 bits per heavy atom. The van der Waals surface area contributed by atoms with E-state index in [0.717, 1.165) is 32.2 Å². The molecule has 0 radical (unpaired) electrons. The number of esters is 1. The van der Waals surface area contributed by atoms with Crippen molar-refractivity contribution in [1.82, 2.24) is 10.2 Å². The van der Waals surface area contributed by atoms with Gasteiger partial charge in [0.25, 0.3) is 0 Å². The Bertz CT molecular complexity index is 777. The molecule has 1 N–H and O–H groups in total. The van der Waals surface area contributed by atoms with Gasteiger partial charge in [-0.3, -0.25) is 4.79 Å². The monoisotopic (exact) mass is 428 g/mol. The van der Waals surface area contributed by atoms with Gasteiger partial charge in [-0.15, -0.1) is 5.73 Å². The molecule has 0 aromatic rings. The largest absolute Gasteiger partial charge is 0.460 e. The molecule has 172 valence electrons. The van der Waals surface area contributed by atoms with Crippen molar-refractivity contribution in [1.29, 1.82) is 0 Å². The van der Waals surface area contributed by atoms with Gasteiger partial charge < -0.3 is 15.0 Å².